The first-order valence-electron chi connectivity index (χ1n) is 6.31. The molecule has 1 heterocycles. The Kier molecular flexibility index (Phi) is 5.52. The van der Waals surface area contributed by atoms with Crippen LogP contribution in [0.2, 0.25) is 0 Å². The van der Waals surface area contributed by atoms with Crippen LogP contribution in [0.1, 0.15) is 16.0 Å². The summed E-state index contributed by atoms with van der Waals surface area (Å²) in [6.45, 7) is 3.91. The van der Waals surface area contributed by atoms with Gasteiger partial charge in [-0.3, -0.25) is 4.79 Å². The van der Waals surface area contributed by atoms with Crippen LogP contribution >= 0.6 is 27.3 Å². The molecule has 4 nitrogen and oxygen atoms in total. The van der Waals surface area contributed by atoms with Crippen molar-refractivity contribution < 1.29 is 9.53 Å². The smallest absolute Gasteiger partial charge is 0.277 e. The molecule has 0 radical (unpaired) electrons. The summed E-state index contributed by atoms with van der Waals surface area (Å²) >= 11 is 4.98. The van der Waals surface area contributed by atoms with Gasteiger partial charge in [0.2, 0.25) is 0 Å². The van der Waals surface area contributed by atoms with E-state index in [1.165, 1.54) is 0 Å². The molecule has 0 unspecified atom stereocenters. The quantitative estimate of drug-likeness (QED) is 0.648. The van der Waals surface area contributed by atoms with Gasteiger partial charge in [0.15, 0.2) is 6.61 Å². The molecule has 0 fully saturated rings. The maximum Gasteiger partial charge on any atom is 0.277 e. The second kappa shape index (κ2) is 7.38. The minimum absolute atomic E-state index is 0.0809. The van der Waals surface area contributed by atoms with E-state index < -0.39 is 0 Å². The number of halogens is 1. The summed E-state index contributed by atoms with van der Waals surface area (Å²) in [6.07, 6.45) is 1.64. The van der Waals surface area contributed by atoms with Gasteiger partial charge in [-0.25, -0.2) is 5.43 Å². The third kappa shape index (κ3) is 4.68. The third-order valence-electron chi connectivity index (χ3n) is 2.72. The van der Waals surface area contributed by atoms with E-state index in [4.69, 9.17) is 4.74 Å². The third-order valence-corrected chi connectivity index (χ3v) is 4.29. The maximum atomic E-state index is 11.6. The van der Waals surface area contributed by atoms with Crippen molar-refractivity contribution in [2.75, 3.05) is 6.61 Å². The van der Waals surface area contributed by atoms with E-state index >= 15 is 0 Å². The van der Waals surface area contributed by atoms with Crippen LogP contribution in [-0.4, -0.2) is 18.7 Å². The highest BCUT2D eigenvalue weighted by molar-refractivity contribution is 9.10. The van der Waals surface area contributed by atoms with Crippen molar-refractivity contribution in [1.82, 2.24) is 5.43 Å². The Morgan fingerprint density at radius 2 is 2.24 bits per heavy atom. The highest BCUT2D eigenvalue weighted by atomic mass is 79.9. The predicted molar refractivity (Wildman–Crippen MR) is 89.2 cm³/mol. The van der Waals surface area contributed by atoms with Gasteiger partial charge in [-0.2, -0.15) is 5.10 Å². The number of hydrogen-bond donors (Lipinski definition) is 1. The highest BCUT2D eigenvalue weighted by Gasteiger charge is 2.05. The Labute approximate surface area is 136 Å². The van der Waals surface area contributed by atoms with Gasteiger partial charge in [-0.05, 0) is 64.5 Å². The minimum atomic E-state index is -0.298. The van der Waals surface area contributed by atoms with Crippen molar-refractivity contribution in [3.05, 3.63) is 50.1 Å². The normalized spacial score (nSPS) is 10.8. The summed E-state index contributed by atoms with van der Waals surface area (Å²) in [7, 11) is 0. The lowest BCUT2D eigenvalue weighted by Gasteiger charge is -2.07. The number of nitrogens with one attached hydrogen (secondary N) is 1. The van der Waals surface area contributed by atoms with Crippen LogP contribution in [0.3, 0.4) is 0 Å². The molecule has 0 aliphatic heterocycles. The van der Waals surface area contributed by atoms with Crippen LogP contribution in [0.4, 0.5) is 0 Å². The number of thiophene rings is 1. The van der Waals surface area contributed by atoms with Gasteiger partial charge in [0.1, 0.15) is 5.75 Å². The SMILES string of the molecule is Cc1ccc(OCC(=O)N/N=C\c2sccc2C)c(Br)c1. The molecule has 2 rings (SSSR count). The number of nitrogens with zero attached hydrogens (tertiary/aromatic N) is 1. The fraction of sp³-hybridized carbons (Fsp3) is 0.200. The number of hydrazone groups is 1. The first kappa shape index (κ1) is 15.7. The van der Waals surface area contributed by atoms with E-state index in [1.54, 1.807) is 17.6 Å². The van der Waals surface area contributed by atoms with Crippen LogP contribution in [0.15, 0.2) is 39.2 Å². The summed E-state index contributed by atoms with van der Waals surface area (Å²) in [5, 5.41) is 5.90. The van der Waals surface area contributed by atoms with Gasteiger partial charge >= 0.3 is 0 Å². The largest absolute Gasteiger partial charge is 0.483 e. The molecule has 1 amide bonds. The molecule has 1 aromatic carbocycles. The van der Waals surface area contributed by atoms with Gasteiger partial charge in [-0.15, -0.1) is 11.3 Å². The maximum absolute atomic E-state index is 11.6. The van der Waals surface area contributed by atoms with Crippen LogP contribution in [-0.2, 0) is 4.79 Å². The molecule has 0 aliphatic carbocycles. The summed E-state index contributed by atoms with van der Waals surface area (Å²) in [4.78, 5) is 12.7. The highest BCUT2D eigenvalue weighted by Crippen LogP contribution is 2.25. The molecule has 0 spiro atoms. The molecular formula is C15H15BrN2O2S. The Morgan fingerprint density at radius 3 is 2.90 bits per heavy atom. The molecule has 1 aromatic heterocycles. The molecular weight excluding hydrogens is 352 g/mol. The Balaban J connectivity index is 1.82. The van der Waals surface area contributed by atoms with Gasteiger partial charge in [0, 0.05) is 4.88 Å². The molecule has 0 saturated carbocycles. The van der Waals surface area contributed by atoms with Crippen LogP contribution < -0.4 is 10.2 Å². The second-order valence-electron chi connectivity index (χ2n) is 4.48. The lowest BCUT2D eigenvalue weighted by Crippen LogP contribution is -2.24. The lowest BCUT2D eigenvalue weighted by molar-refractivity contribution is -0.123. The predicted octanol–water partition coefficient (Wildman–Crippen LogP) is 3.66. The van der Waals surface area contributed by atoms with Crippen molar-refractivity contribution >= 4 is 39.4 Å². The van der Waals surface area contributed by atoms with Gasteiger partial charge in [0.05, 0.1) is 10.7 Å². The summed E-state index contributed by atoms with van der Waals surface area (Å²) in [5.41, 5.74) is 4.70. The monoisotopic (exact) mass is 366 g/mol. The number of ether oxygens (including phenoxy) is 1. The van der Waals surface area contributed by atoms with E-state index in [0.29, 0.717) is 5.75 Å². The molecule has 1 N–H and O–H groups in total. The topological polar surface area (TPSA) is 50.7 Å². The summed E-state index contributed by atoms with van der Waals surface area (Å²) in [5.74, 6) is 0.335. The molecule has 0 atom stereocenters. The standard InChI is InChI=1S/C15H15BrN2O2S/c1-10-3-4-13(12(16)7-10)20-9-15(19)18-17-8-14-11(2)5-6-21-14/h3-8H,9H2,1-2H3,(H,18,19)/b17-8-. The van der Waals surface area contributed by atoms with Gasteiger partial charge < -0.3 is 4.74 Å². The average Bonchev–Trinajstić information content (AvgIpc) is 2.83. The zero-order valence-electron chi connectivity index (χ0n) is 11.7. The van der Waals surface area contributed by atoms with Crippen molar-refractivity contribution in [2.24, 2.45) is 5.10 Å². The van der Waals surface area contributed by atoms with Crippen molar-refractivity contribution in [3.63, 3.8) is 0 Å². The van der Waals surface area contributed by atoms with Gasteiger partial charge in [-0.1, -0.05) is 6.07 Å². The molecule has 0 aliphatic rings. The van der Waals surface area contributed by atoms with E-state index in [9.17, 15) is 4.79 Å². The number of amides is 1. The number of benzene rings is 1. The fourth-order valence-electron chi connectivity index (χ4n) is 1.58. The Morgan fingerprint density at radius 1 is 1.43 bits per heavy atom. The molecule has 0 saturated heterocycles. The first-order chi connectivity index (χ1) is 10.1. The number of rotatable bonds is 5. The number of aryl methyl sites for hydroxylation is 2. The van der Waals surface area contributed by atoms with Crippen molar-refractivity contribution in [3.8, 4) is 5.75 Å². The first-order valence-corrected chi connectivity index (χ1v) is 7.98. The zero-order chi connectivity index (χ0) is 15.2. The van der Waals surface area contributed by atoms with E-state index in [2.05, 4.69) is 26.5 Å². The molecule has 0 bridgehead atoms. The Bertz CT molecular complexity index is 667. The molecule has 21 heavy (non-hydrogen) atoms. The zero-order valence-corrected chi connectivity index (χ0v) is 14.1. The second-order valence-corrected chi connectivity index (χ2v) is 6.29. The van der Waals surface area contributed by atoms with E-state index in [1.807, 2.05) is 43.5 Å². The summed E-state index contributed by atoms with van der Waals surface area (Å²) in [6, 6.07) is 7.69. The van der Waals surface area contributed by atoms with Crippen LogP contribution in [0.25, 0.3) is 0 Å². The van der Waals surface area contributed by atoms with Crippen molar-refractivity contribution in [1.29, 1.82) is 0 Å². The fourth-order valence-corrected chi connectivity index (χ4v) is 2.97. The number of carbonyl (C=O) groups is 1. The van der Waals surface area contributed by atoms with Gasteiger partial charge in [0.25, 0.3) is 5.91 Å². The van der Waals surface area contributed by atoms with Crippen LogP contribution in [0, 0.1) is 13.8 Å². The van der Waals surface area contributed by atoms with Crippen molar-refractivity contribution in [2.45, 2.75) is 13.8 Å². The van der Waals surface area contributed by atoms with E-state index in [-0.39, 0.29) is 12.5 Å². The number of hydrogen-bond acceptors (Lipinski definition) is 4. The number of carbonyl (C=O) groups excluding carboxylic acids is 1. The Hall–Kier alpha value is -1.66. The lowest BCUT2D eigenvalue weighted by atomic mass is 10.2. The van der Waals surface area contributed by atoms with E-state index in [0.717, 1.165) is 20.5 Å². The van der Waals surface area contributed by atoms with Crippen LogP contribution in [0.5, 0.6) is 5.75 Å². The molecule has 110 valence electrons. The summed E-state index contributed by atoms with van der Waals surface area (Å²) < 4.78 is 6.26. The average molecular weight is 367 g/mol. The minimum Gasteiger partial charge on any atom is -0.483 e. The molecule has 2 aromatic rings. The molecule has 6 heteroatoms.